The topological polar surface area (TPSA) is 119 Å². The highest BCUT2D eigenvalue weighted by molar-refractivity contribution is 5.92. The molecule has 1 unspecified atom stereocenters. The number of ether oxygens (including phenoxy) is 2. The van der Waals surface area contributed by atoms with Gasteiger partial charge in [-0.05, 0) is 132 Å². The minimum Gasteiger partial charge on any atom is -0.481 e. The molecule has 5 rings (SSSR count). The predicted octanol–water partition coefficient (Wildman–Crippen LogP) is 8.02. The molecule has 5 aliphatic rings. The zero-order chi connectivity index (χ0) is 34.3. The van der Waals surface area contributed by atoms with E-state index in [4.69, 9.17) is 9.47 Å². The number of carboxylic acids is 1. The quantitative estimate of drug-likeness (QED) is 0.223. The van der Waals surface area contributed by atoms with E-state index in [1.54, 1.807) is 13.8 Å². The van der Waals surface area contributed by atoms with E-state index in [0.29, 0.717) is 18.3 Å². The fraction of sp³-hybridized carbons (Fsp3) is 0.842. The number of amides is 1. The molecule has 0 bridgehead atoms. The Hall–Kier alpha value is -2.38. The summed E-state index contributed by atoms with van der Waals surface area (Å²) in [5, 5.41) is 12.7. The molecule has 258 valence electrons. The fourth-order valence-electron chi connectivity index (χ4n) is 11.0. The van der Waals surface area contributed by atoms with Crippen LogP contribution in [0.1, 0.15) is 140 Å². The van der Waals surface area contributed by atoms with Crippen LogP contribution < -0.4 is 5.32 Å². The van der Waals surface area contributed by atoms with Crippen molar-refractivity contribution in [3.63, 3.8) is 0 Å². The Morgan fingerprint density at radius 2 is 1.65 bits per heavy atom. The van der Waals surface area contributed by atoms with E-state index >= 15 is 0 Å². The molecular weight excluding hydrogens is 582 g/mol. The lowest BCUT2D eigenvalue weighted by molar-refractivity contribution is -0.178. The molecule has 46 heavy (non-hydrogen) atoms. The van der Waals surface area contributed by atoms with Gasteiger partial charge in [-0.2, -0.15) is 0 Å². The standard InChI is InChI=1S/C38H59NO7/c1-22(2)29-26(40)20-38(39-32(44)46-33(3,4)5)18-17-36(9)25(30(29)38)11-12-27-35(8)15-14-24(19-23(35)13-16-37(27,36)10)45-28(41)21-34(6,7)31(42)43/h22-24,27,29H,11-21H2,1-10H3,(H,39,44)(H,42,43)/t23-,24-,27+,29?,35-,36+,37+,38+/m0/s1. The van der Waals surface area contributed by atoms with E-state index in [2.05, 4.69) is 39.9 Å². The number of rotatable bonds is 6. The van der Waals surface area contributed by atoms with Crippen LogP contribution in [-0.4, -0.2) is 46.2 Å². The molecule has 4 saturated carbocycles. The highest BCUT2D eigenvalue weighted by atomic mass is 16.6. The van der Waals surface area contributed by atoms with Crippen LogP contribution in [0.5, 0.6) is 0 Å². The molecule has 0 aromatic heterocycles. The van der Waals surface area contributed by atoms with E-state index in [1.165, 1.54) is 11.1 Å². The van der Waals surface area contributed by atoms with Crippen molar-refractivity contribution in [2.75, 3.05) is 0 Å². The highest BCUT2D eigenvalue weighted by Crippen LogP contribution is 2.73. The summed E-state index contributed by atoms with van der Waals surface area (Å²) in [6.07, 6.45) is 8.02. The number of Topliss-reactive ketones (excluding diaryl/α,β-unsaturated/α-hetero) is 1. The van der Waals surface area contributed by atoms with Crippen molar-refractivity contribution in [2.24, 2.45) is 45.3 Å². The first-order valence-electron chi connectivity index (χ1n) is 17.8. The van der Waals surface area contributed by atoms with Crippen molar-refractivity contribution in [2.45, 2.75) is 157 Å². The second kappa shape index (κ2) is 11.4. The second-order valence-corrected chi connectivity index (χ2v) is 18.3. The average Bonchev–Trinajstić information content (AvgIpc) is 3.19. The molecule has 8 nitrogen and oxygen atoms in total. The smallest absolute Gasteiger partial charge is 0.408 e. The monoisotopic (exact) mass is 641 g/mol. The number of carbonyl (C=O) groups excluding carboxylic acids is 3. The summed E-state index contributed by atoms with van der Waals surface area (Å²) in [4.78, 5) is 51.3. The molecule has 0 saturated heterocycles. The van der Waals surface area contributed by atoms with Gasteiger partial charge >= 0.3 is 18.0 Å². The van der Waals surface area contributed by atoms with Gasteiger partial charge in [-0.15, -0.1) is 0 Å². The van der Waals surface area contributed by atoms with Crippen molar-refractivity contribution < 1.29 is 33.8 Å². The Bertz CT molecular complexity index is 1320. The van der Waals surface area contributed by atoms with Gasteiger partial charge in [0, 0.05) is 12.3 Å². The lowest BCUT2D eigenvalue weighted by Gasteiger charge is -2.68. The van der Waals surface area contributed by atoms with Gasteiger partial charge in [0.15, 0.2) is 0 Å². The Morgan fingerprint density at radius 1 is 0.978 bits per heavy atom. The van der Waals surface area contributed by atoms with Gasteiger partial charge in [0.05, 0.1) is 17.4 Å². The van der Waals surface area contributed by atoms with Gasteiger partial charge in [0.25, 0.3) is 0 Å². The third kappa shape index (κ3) is 5.61. The van der Waals surface area contributed by atoms with Crippen LogP contribution in [0.15, 0.2) is 11.1 Å². The zero-order valence-electron chi connectivity index (χ0n) is 30.1. The van der Waals surface area contributed by atoms with Gasteiger partial charge in [0.2, 0.25) is 0 Å². The van der Waals surface area contributed by atoms with Gasteiger partial charge in [-0.25, -0.2) is 4.79 Å². The Morgan fingerprint density at radius 3 is 2.26 bits per heavy atom. The molecule has 4 fully saturated rings. The third-order valence-corrected chi connectivity index (χ3v) is 13.6. The van der Waals surface area contributed by atoms with Crippen LogP contribution in [0.4, 0.5) is 4.79 Å². The number of hydrogen-bond donors (Lipinski definition) is 2. The summed E-state index contributed by atoms with van der Waals surface area (Å²) in [6.45, 7) is 20.5. The number of esters is 1. The van der Waals surface area contributed by atoms with Crippen LogP contribution in [0, 0.1) is 45.3 Å². The van der Waals surface area contributed by atoms with Gasteiger partial charge in [0.1, 0.15) is 17.5 Å². The first kappa shape index (κ1) is 34.9. The minimum absolute atomic E-state index is 0.0408. The SMILES string of the molecule is CC(C)C1C(=O)C[C@]2(NC(=O)OC(C)(C)C)CC[C@]3(C)C(=C12)CC[C@@H]1[C@@]2(C)CC[C@H](OC(=O)CC(C)(C)C(=O)O)C[C@@H]2CC[C@]13C. The molecule has 0 aromatic rings. The number of aliphatic carboxylic acids is 1. The molecule has 8 atom stereocenters. The van der Waals surface area contributed by atoms with Crippen molar-refractivity contribution in [3.05, 3.63) is 11.1 Å². The zero-order valence-corrected chi connectivity index (χ0v) is 30.1. The van der Waals surface area contributed by atoms with Crippen LogP contribution >= 0.6 is 0 Å². The number of allylic oxidation sites excluding steroid dienone is 1. The highest BCUT2D eigenvalue weighted by Gasteiger charge is 2.67. The average molecular weight is 642 g/mol. The lowest BCUT2D eigenvalue weighted by Crippen LogP contribution is -2.62. The molecule has 2 N–H and O–H groups in total. The summed E-state index contributed by atoms with van der Waals surface area (Å²) in [6, 6.07) is 0. The molecule has 0 spiro atoms. The summed E-state index contributed by atoms with van der Waals surface area (Å²) in [5.74, 6) is -0.271. The summed E-state index contributed by atoms with van der Waals surface area (Å²) in [5.41, 5.74) is 0.244. The van der Waals surface area contributed by atoms with E-state index < -0.39 is 34.6 Å². The van der Waals surface area contributed by atoms with Crippen LogP contribution in [0.25, 0.3) is 0 Å². The van der Waals surface area contributed by atoms with E-state index in [1.807, 2.05) is 20.8 Å². The first-order valence-corrected chi connectivity index (χ1v) is 17.8. The minimum atomic E-state index is -1.14. The largest absolute Gasteiger partial charge is 0.481 e. The number of hydrogen-bond acceptors (Lipinski definition) is 6. The Labute approximate surface area is 276 Å². The first-order chi connectivity index (χ1) is 21.1. The van der Waals surface area contributed by atoms with E-state index in [0.717, 1.165) is 57.8 Å². The molecule has 5 aliphatic carbocycles. The fourth-order valence-corrected chi connectivity index (χ4v) is 11.0. The van der Waals surface area contributed by atoms with Crippen molar-refractivity contribution in [1.29, 1.82) is 0 Å². The number of carbonyl (C=O) groups is 4. The molecule has 0 heterocycles. The number of fused-ring (bicyclic) bond motifs is 6. The Balaban J connectivity index is 1.43. The van der Waals surface area contributed by atoms with Crippen molar-refractivity contribution in [1.82, 2.24) is 5.32 Å². The van der Waals surface area contributed by atoms with Gasteiger partial charge in [-0.1, -0.05) is 40.2 Å². The summed E-state index contributed by atoms with van der Waals surface area (Å²) >= 11 is 0. The van der Waals surface area contributed by atoms with Crippen LogP contribution in [-0.2, 0) is 23.9 Å². The van der Waals surface area contributed by atoms with Gasteiger partial charge < -0.3 is 19.9 Å². The van der Waals surface area contributed by atoms with Gasteiger partial charge in [-0.3, -0.25) is 14.4 Å². The molecular formula is C38H59NO7. The van der Waals surface area contributed by atoms with E-state index in [-0.39, 0.29) is 46.4 Å². The molecule has 1 amide bonds. The number of carboxylic acid groups (broad SMARTS) is 1. The molecule has 8 heteroatoms. The Kier molecular flexibility index (Phi) is 8.63. The maximum atomic E-state index is 13.8. The molecule has 0 aromatic carbocycles. The van der Waals surface area contributed by atoms with E-state index in [9.17, 15) is 24.3 Å². The number of alkyl carbamates (subject to hydrolysis) is 1. The second-order valence-electron chi connectivity index (χ2n) is 18.3. The lowest BCUT2D eigenvalue weighted by atomic mass is 9.36. The van der Waals surface area contributed by atoms with Crippen molar-refractivity contribution >= 4 is 23.8 Å². The summed E-state index contributed by atoms with van der Waals surface area (Å²) < 4.78 is 11.7. The maximum Gasteiger partial charge on any atom is 0.408 e. The number of nitrogens with one attached hydrogen (secondary N) is 1. The molecule has 0 aliphatic heterocycles. The summed E-state index contributed by atoms with van der Waals surface area (Å²) in [7, 11) is 0. The van der Waals surface area contributed by atoms with Crippen LogP contribution in [0.3, 0.4) is 0 Å². The molecule has 0 radical (unpaired) electrons. The predicted molar refractivity (Wildman–Crippen MR) is 176 cm³/mol. The van der Waals surface area contributed by atoms with Crippen molar-refractivity contribution in [3.8, 4) is 0 Å². The maximum absolute atomic E-state index is 13.8. The third-order valence-electron chi connectivity index (χ3n) is 13.6. The van der Waals surface area contributed by atoms with Crippen LogP contribution in [0.2, 0.25) is 0 Å². The normalized spacial score (nSPS) is 39.2. The number of ketones is 1.